The van der Waals surface area contributed by atoms with Crippen molar-refractivity contribution >= 4 is 22.7 Å². The molecule has 0 N–H and O–H groups in total. The van der Waals surface area contributed by atoms with Crippen LogP contribution in [-0.4, -0.2) is 44.6 Å². The Morgan fingerprint density at radius 1 is 0.587 bits per heavy atom. The van der Waals surface area contributed by atoms with Crippen LogP contribution in [0.4, 0.5) is 0 Å². The van der Waals surface area contributed by atoms with E-state index >= 15 is 0 Å². The van der Waals surface area contributed by atoms with Crippen LogP contribution < -0.4 is 14.2 Å². The third-order valence-electron chi connectivity index (χ3n) is 10.3. The van der Waals surface area contributed by atoms with Crippen LogP contribution in [0.1, 0.15) is 107 Å². The molecule has 0 bridgehead atoms. The van der Waals surface area contributed by atoms with Crippen LogP contribution in [0, 0.1) is 5.92 Å². The van der Waals surface area contributed by atoms with Crippen molar-refractivity contribution in [1.29, 1.82) is 0 Å². The molecule has 0 aliphatic carbocycles. The van der Waals surface area contributed by atoms with Crippen molar-refractivity contribution in [3.8, 4) is 17.2 Å². The molecule has 0 aliphatic rings. The quantitative estimate of drug-likeness (QED) is 0.139. The van der Waals surface area contributed by atoms with Crippen molar-refractivity contribution in [1.82, 2.24) is 0 Å². The summed E-state index contributed by atoms with van der Waals surface area (Å²) in [4.78, 5) is 0. The number of methoxy groups -OCH3 is 3. The average molecular weight is 671 g/mol. The van der Waals surface area contributed by atoms with E-state index in [-0.39, 0.29) is 12.0 Å². The number of hydrogen-bond acceptors (Lipinski definition) is 5. The van der Waals surface area contributed by atoms with Crippen LogP contribution in [-0.2, 0) is 8.85 Å². The lowest BCUT2D eigenvalue weighted by Gasteiger charge is -2.47. The molecule has 0 heterocycles. The van der Waals surface area contributed by atoms with Gasteiger partial charge in [0, 0.05) is 12.5 Å². The van der Waals surface area contributed by atoms with E-state index < -0.39 is 16.6 Å². The minimum atomic E-state index is -2.29. The second-order valence-corrected chi connectivity index (χ2v) is 25.6. The standard InChI is InChI=1S/C39H66O5Si2/c1-27(2)45(28(3)4,29(5)6)43-26-35(18-16-17-33-19-22-36(40-13)23-20-33)39(34-21-24-37(41-14)38(25-34)42-15)44-46(30(7)8,31(9)10)32(11)12/h16-17,19-25,27-32,35,39H,18,26H2,1-15H3/b17-16+/t35-,39+/m0/s1. The van der Waals surface area contributed by atoms with E-state index in [9.17, 15) is 0 Å². The smallest absolute Gasteiger partial charge is 0.201 e. The molecule has 46 heavy (non-hydrogen) atoms. The van der Waals surface area contributed by atoms with E-state index in [0.717, 1.165) is 34.8 Å². The zero-order chi connectivity index (χ0) is 34.8. The van der Waals surface area contributed by atoms with E-state index in [0.29, 0.717) is 39.9 Å². The minimum absolute atomic E-state index is 0.0962. The zero-order valence-corrected chi connectivity index (χ0v) is 33.8. The Labute approximate surface area is 284 Å². The molecular weight excluding hydrogens is 605 g/mol. The van der Waals surface area contributed by atoms with Gasteiger partial charge in [0.15, 0.2) is 19.8 Å². The summed E-state index contributed by atoms with van der Waals surface area (Å²) in [5.41, 5.74) is 5.10. The first-order valence-electron chi connectivity index (χ1n) is 17.5. The van der Waals surface area contributed by atoms with Gasteiger partial charge in [0.2, 0.25) is 8.32 Å². The molecule has 2 atom stereocenters. The molecule has 260 valence electrons. The molecule has 0 saturated carbocycles. The Kier molecular flexibility index (Phi) is 15.6. The summed E-state index contributed by atoms with van der Waals surface area (Å²) in [6.07, 6.45) is 5.17. The topological polar surface area (TPSA) is 46.2 Å². The molecule has 7 heteroatoms. The Balaban J connectivity index is 2.78. The van der Waals surface area contributed by atoms with Crippen LogP contribution in [0.3, 0.4) is 0 Å². The highest BCUT2D eigenvalue weighted by Crippen LogP contribution is 2.49. The highest BCUT2D eigenvalue weighted by Gasteiger charge is 2.49. The molecule has 2 rings (SSSR count). The Morgan fingerprint density at radius 2 is 1.09 bits per heavy atom. The summed E-state index contributed by atoms with van der Waals surface area (Å²) in [6, 6.07) is 14.5. The Bertz CT molecular complexity index is 1160. The molecule has 0 saturated heterocycles. The number of benzene rings is 2. The first-order valence-corrected chi connectivity index (χ1v) is 21.7. The molecule has 2 aromatic rings. The maximum absolute atomic E-state index is 7.75. The minimum Gasteiger partial charge on any atom is -0.497 e. The normalized spacial score (nSPS) is 14.4. The predicted octanol–water partition coefficient (Wildman–Crippen LogP) is 11.9. The summed E-state index contributed by atoms with van der Waals surface area (Å²) >= 11 is 0. The van der Waals surface area contributed by atoms with Gasteiger partial charge in [-0.15, -0.1) is 0 Å². The number of ether oxygens (including phenoxy) is 3. The van der Waals surface area contributed by atoms with E-state index in [1.165, 1.54) is 0 Å². The summed E-state index contributed by atoms with van der Waals surface area (Å²) in [6.45, 7) is 29.0. The largest absolute Gasteiger partial charge is 0.497 e. The fourth-order valence-corrected chi connectivity index (χ4v) is 19.3. The van der Waals surface area contributed by atoms with Crippen LogP contribution in [0.25, 0.3) is 6.08 Å². The molecule has 5 nitrogen and oxygen atoms in total. The summed E-state index contributed by atoms with van der Waals surface area (Å²) < 4.78 is 32.0. The second kappa shape index (κ2) is 17.9. The highest BCUT2D eigenvalue weighted by molar-refractivity contribution is 6.78. The lowest BCUT2D eigenvalue weighted by atomic mass is 9.93. The van der Waals surface area contributed by atoms with Gasteiger partial charge in [-0.1, -0.05) is 113 Å². The van der Waals surface area contributed by atoms with Crippen LogP contribution in [0.5, 0.6) is 17.2 Å². The lowest BCUT2D eigenvalue weighted by Crippen LogP contribution is -2.51. The first-order chi connectivity index (χ1) is 21.6. The SMILES string of the molecule is COc1ccc(/C=C/C[C@@H](CO[Si](C(C)C)(C(C)C)C(C)C)[C@H](O[Si](C(C)C)(C(C)C)C(C)C)c2ccc(OC)c(OC)c2)cc1. The third-order valence-corrected chi connectivity index (χ3v) is 22.5. The van der Waals surface area contributed by atoms with Gasteiger partial charge < -0.3 is 23.1 Å². The summed E-state index contributed by atoms with van der Waals surface area (Å²) in [7, 11) is 0.669. The second-order valence-electron chi connectivity index (χ2n) is 14.8. The number of allylic oxidation sites excluding steroid dienone is 1. The fraction of sp³-hybridized carbons (Fsp3) is 0.641. The average Bonchev–Trinajstić information content (AvgIpc) is 3.00. The van der Waals surface area contributed by atoms with Crippen molar-refractivity contribution in [2.24, 2.45) is 5.92 Å². The van der Waals surface area contributed by atoms with E-state index in [1.807, 2.05) is 18.2 Å². The van der Waals surface area contributed by atoms with Crippen molar-refractivity contribution in [3.05, 3.63) is 59.7 Å². The van der Waals surface area contributed by atoms with E-state index in [2.05, 4.69) is 120 Å². The van der Waals surface area contributed by atoms with Gasteiger partial charge >= 0.3 is 0 Å². The molecule has 0 spiro atoms. The van der Waals surface area contributed by atoms with Crippen molar-refractivity contribution in [2.45, 2.75) is 129 Å². The maximum atomic E-state index is 7.75. The Morgan fingerprint density at radius 3 is 1.52 bits per heavy atom. The molecule has 0 aromatic heterocycles. The van der Waals surface area contributed by atoms with Crippen LogP contribution >= 0.6 is 0 Å². The van der Waals surface area contributed by atoms with Gasteiger partial charge in [0.05, 0.1) is 27.4 Å². The highest BCUT2D eigenvalue weighted by atomic mass is 28.4. The van der Waals surface area contributed by atoms with Gasteiger partial charge in [-0.2, -0.15) is 0 Å². The number of hydrogen-bond donors (Lipinski definition) is 0. The molecular formula is C39H66O5Si2. The van der Waals surface area contributed by atoms with E-state index in [4.69, 9.17) is 23.1 Å². The molecule has 0 unspecified atom stereocenters. The third kappa shape index (κ3) is 9.09. The first kappa shape index (κ1) is 40.1. The van der Waals surface area contributed by atoms with Gasteiger partial charge in [0.25, 0.3) is 0 Å². The van der Waals surface area contributed by atoms with E-state index in [1.54, 1.807) is 21.3 Å². The van der Waals surface area contributed by atoms with Crippen LogP contribution in [0.15, 0.2) is 48.5 Å². The molecule has 2 aromatic carbocycles. The number of rotatable bonds is 19. The predicted molar refractivity (Wildman–Crippen MR) is 202 cm³/mol. The maximum Gasteiger partial charge on any atom is 0.201 e. The molecule has 0 amide bonds. The van der Waals surface area contributed by atoms with Crippen molar-refractivity contribution in [3.63, 3.8) is 0 Å². The fourth-order valence-electron chi connectivity index (χ4n) is 8.22. The molecule has 0 fully saturated rings. The zero-order valence-electron chi connectivity index (χ0n) is 31.8. The van der Waals surface area contributed by atoms with Crippen molar-refractivity contribution in [2.75, 3.05) is 27.9 Å². The van der Waals surface area contributed by atoms with Gasteiger partial charge in [-0.05, 0) is 75.1 Å². The summed E-state index contributed by atoms with van der Waals surface area (Å²) in [5.74, 6) is 2.41. The van der Waals surface area contributed by atoms with Gasteiger partial charge in [0.1, 0.15) is 5.75 Å². The molecule has 0 aliphatic heterocycles. The molecule has 0 radical (unpaired) electrons. The van der Waals surface area contributed by atoms with Gasteiger partial charge in [-0.25, -0.2) is 0 Å². The monoisotopic (exact) mass is 670 g/mol. The Hall–Kier alpha value is -2.07. The van der Waals surface area contributed by atoms with Gasteiger partial charge in [-0.3, -0.25) is 0 Å². The van der Waals surface area contributed by atoms with Crippen LogP contribution in [0.2, 0.25) is 33.2 Å². The lowest BCUT2D eigenvalue weighted by molar-refractivity contribution is 0.0742. The van der Waals surface area contributed by atoms with Crippen molar-refractivity contribution < 1.29 is 23.1 Å². The summed E-state index contributed by atoms with van der Waals surface area (Å²) in [5, 5.41) is 0.